The number of carbonyl (C=O) groups excluding carboxylic acids is 1. The molecular formula is C20H23NO6S. The van der Waals surface area contributed by atoms with Gasteiger partial charge in [-0.1, -0.05) is 26.0 Å². The van der Waals surface area contributed by atoms with Crippen molar-refractivity contribution in [3.8, 4) is 5.75 Å². The average molecular weight is 405 g/mol. The summed E-state index contributed by atoms with van der Waals surface area (Å²) in [6.45, 7) is 4.66. The number of carboxylic acids is 1. The molecule has 0 saturated carbocycles. The predicted octanol–water partition coefficient (Wildman–Crippen LogP) is 3.41. The zero-order valence-corrected chi connectivity index (χ0v) is 16.6. The number of sulfonamides is 1. The lowest BCUT2D eigenvalue weighted by molar-refractivity contribution is 0.0681. The molecule has 0 saturated heterocycles. The van der Waals surface area contributed by atoms with Gasteiger partial charge in [0, 0.05) is 13.1 Å². The fourth-order valence-electron chi connectivity index (χ4n) is 2.65. The molecule has 0 aromatic heterocycles. The van der Waals surface area contributed by atoms with Gasteiger partial charge in [0.15, 0.2) is 0 Å². The molecule has 7 nitrogen and oxygen atoms in total. The first-order valence-corrected chi connectivity index (χ1v) is 10.4. The van der Waals surface area contributed by atoms with Crippen LogP contribution in [-0.2, 0) is 10.0 Å². The van der Waals surface area contributed by atoms with E-state index in [-0.39, 0.29) is 21.8 Å². The van der Waals surface area contributed by atoms with Crippen molar-refractivity contribution in [3.63, 3.8) is 0 Å². The van der Waals surface area contributed by atoms with Gasteiger partial charge in [-0.25, -0.2) is 18.0 Å². The molecule has 0 aliphatic rings. The molecule has 150 valence electrons. The summed E-state index contributed by atoms with van der Waals surface area (Å²) in [5.74, 6) is -2.05. The van der Waals surface area contributed by atoms with Gasteiger partial charge in [-0.2, -0.15) is 4.31 Å². The van der Waals surface area contributed by atoms with Crippen molar-refractivity contribution in [1.82, 2.24) is 4.31 Å². The lowest BCUT2D eigenvalue weighted by atomic mass is 10.2. The third-order valence-electron chi connectivity index (χ3n) is 3.99. The Hall–Kier alpha value is -2.71. The highest BCUT2D eigenvalue weighted by Crippen LogP contribution is 2.21. The van der Waals surface area contributed by atoms with Crippen molar-refractivity contribution in [2.24, 2.45) is 0 Å². The predicted molar refractivity (Wildman–Crippen MR) is 104 cm³/mol. The highest BCUT2D eigenvalue weighted by Gasteiger charge is 2.23. The lowest BCUT2D eigenvalue weighted by Crippen LogP contribution is -2.32. The van der Waals surface area contributed by atoms with Gasteiger partial charge in [-0.15, -0.1) is 0 Å². The highest BCUT2D eigenvalue weighted by molar-refractivity contribution is 7.89. The summed E-state index contributed by atoms with van der Waals surface area (Å²) in [4.78, 5) is 23.6. The molecule has 2 aromatic rings. The molecule has 0 radical (unpaired) electrons. The first kappa shape index (κ1) is 21.6. The zero-order chi connectivity index (χ0) is 20.7. The number of carboxylic acid groups (broad SMARTS) is 1. The quantitative estimate of drug-likeness (QED) is 0.507. The summed E-state index contributed by atoms with van der Waals surface area (Å²) in [6, 6.07) is 11.2. The van der Waals surface area contributed by atoms with Crippen LogP contribution in [0.25, 0.3) is 0 Å². The number of ether oxygens (including phenoxy) is 1. The van der Waals surface area contributed by atoms with Crippen LogP contribution in [0.2, 0.25) is 0 Å². The van der Waals surface area contributed by atoms with Gasteiger partial charge >= 0.3 is 11.9 Å². The standard InChI is InChI=1S/C20H23NO6S/c1-3-13-21(14-4-2)28(25,26)16-11-9-15(10-12-16)20(24)27-18-8-6-5-7-17(18)19(22)23/h5-12H,3-4,13-14H2,1-2H3,(H,22,23). The molecule has 0 aliphatic carbocycles. The minimum Gasteiger partial charge on any atom is -0.478 e. The SMILES string of the molecule is CCCN(CCC)S(=O)(=O)c1ccc(C(=O)Oc2ccccc2C(=O)O)cc1. The Morgan fingerprint density at radius 3 is 2.07 bits per heavy atom. The van der Waals surface area contributed by atoms with Gasteiger partial charge in [0.25, 0.3) is 0 Å². The number of para-hydroxylation sites is 1. The Bertz CT molecular complexity index is 931. The molecule has 28 heavy (non-hydrogen) atoms. The maximum absolute atomic E-state index is 12.7. The fraction of sp³-hybridized carbons (Fsp3) is 0.300. The van der Waals surface area contributed by atoms with Crippen LogP contribution in [0.4, 0.5) is 0 Å². The van der Waals surface area contributed by atoms with E-state index in [2.05, 4.69) is 0 Å². The molecule has 1 N–H and O–H groups in total. The summed E-state index contributed by atoms with van der Waals surface area (Å²) >= 11 is 0. The second-order valence-electron chi connectivity index (χ2n) is 6.12. The Morgan fingerprint density at radius 1 is 0.964 bits per heavy atom. The smallest absolute Gasteiger partial charge is 0.343 e. The number of benzene rings is 2. The molecule has 0 unspecified atom stereocenters. The van der Waals surface area contributed by atoms with E-state index < -0.39 is 22.0 Å². The summed E-state index contributed by atoms with van der Waals surface area (Å²) in [5.41, 5.74) is -0.0125. The van der Waals surface area contributed by atoms with E-state index in [1.807, 2.05) is 13.8 Å². The first-order chi connectivity index (χ1) is 13.3. The van der Waals surface area contributed by atoms with Crippen molar-refractivity contribution in [1.29, 1.82) is 0 Å². The molecule has 8 heteroatoms. The largest absolute Gasteiger partial charge is 0.478 e. The van der Waals surface area contributed by atoms with Crippen molar-refractivity contribution in [2.45, 2.75) is 31.6 Å². The zero-order valence-electron chi connectivity index (χ0n) is 15.8. The van der Waals surface area contributed by atoms with Gasteiger partial charge in [-0.05, 0) is 49.2 Å². The van der Waals surface area contributed by atoms with Crippen molar-refractivity contribution in [2.75, 3.05) is 13.1 Å². The minimum atomic E-state index is -3.64. The van der Waals surface area contributed by atoms with E-state index in [0.29, 0.717) is 25.9 Å². The topological polar surface area (TPSA) is 101 Å². The van der Waals surface area contributed by atoms with Crippen LogP contribution in [0.5, 0.6) is 5.75 Å². The molecule has 2 rings (SSSR count). The molecular weight excluding hydrogens is 382 g/mol. The summed E-state index contributed by atoms with van der Waals surface area (Å²) < 4.78 is 32.1. The Balaban J connectivity index is 2.22. The van der Waals surface area contributed by atoms with Gasteiger partial charge in [0.1, 0.15) is 11.3 Å². The molecule has 0 heterocycles. The molecule has 0 atom stereocenters. The molecule has 0 aliphatic heterocycles. The monoisotopic (exact) mass is 405 g/mol. The molecule has 2 aromatic carbocycles. The van der Waals surface area contributed by atoms with Gasteiger partial charge in [-0.3, -0.25) is 0 Å². The van der Waals surface area contributed by atoms with Crippen LogP contribution in [-0.4, -0.2) is 42.9 Å². The Labute approximate surface area is 164 Å². The van der Waals surface area contributed by atoms with Crippen LogP contribution in [0.15, 0.2) is 53.4 Å². The second kappa shape index (κ2) is 9.48. The van der Waals surface area contributed by atoms with Crippen LogP contribution in [0, 0.1) is 0 Å². The Kier molecular flexibility index (Phi) is 7.31. The minimum absolute atomic E-state index is 0.0752. The number of carbonyl (C=O) groups is 2. The van der Waals surface area contributed by atoms with E-state index >= 15 is 0 Å². The van der Waals surface area contributed by atoms with Crippen LogP contribution in [0.1, 0.15) is 47.4 Å². The van der Waals surface area contributed by atoms with E-state index in [9.17, 15) is 18.0 Å². The van der Waals surface area contributed by atoms with E-state index in [1.54, 1.807) is 6.07 Å². The first-order valence-electron chi connectivity index (χ1n) is 8.96. The van der Waals surface area contributed by atoms with Crippen molar-refractivity contribution < 1.29 is 27.9 Å². The normalized spacial score (nSPS) is 11.4. The van der Waals surface area contributed by atoms with Crippen molar-refractivity contribution in [3.05, 3.63) is 59.7 Å². The number of aromatic carboxylic acids is 1. The summed E-state index contributed by atoms with van der Waals surface area (Å²) in [7, 11) is -3.64. The average Bonchev–Trinajstić information content (AvgIpc) is 2.68. The second-order valence-corrected chi connectivity index (χ2v) is 8.06. The third kappa shape index (κ3) is 4.96. The van der Waals surface area contributed by atoms with E-state index in [4.69, 9.17) is 9.84 Å². The molecule has 0 amide bonds. The molecule has 0 bridgehead atoms. The molecule has 0 spiro atoms. The van der Waals surface area contributed by atoms with Gasteiger partial charge in [0.05, 0.1) is 10.5 Å². The number of nitrogens with zero attached hydrogens (tertiary/aromatic N) is 1. The summed E-state index contributed by atoms with van der Waals surface area (Å²) in [6.07, 6.45) is 1.40. The van der Waals surface area contributed by atoms with Gasteiger partial charge in [0.2, 0.25) is 10.0 Å². The van der Waals surface area contributed by atoms with Gasteiger partial charge < -0.3 is 9.84 Å². The van der Waals surface area contributed by atoms with Crippen LogP contribution >= 0.6 is 0 Å². The van der Waals surface area contributed by atoms with Crippen LogP contribution < -0.4 is 4.74 Å². The lowest BCUT2D eigenvalue weighted by Gasteiger charge is -2.21. The maximum Gasteiger partial charge on any atom is 0.343 e. The molecule has 0 fully saturated rings. The third-order valence-corrected chi connectivity index (χ3v) is 5.91. The van der Waals surface area contributed by atoms with E-state index in [1.165, 1.54) is 46.8 Å². The number of hydrogen-bond acceptors (Lipinski definition) is 5. The summed E-state index contributed by atoms with van der Waals surface area (Å²) in [5, 5.41) is 9.15. The van der Waals surface area contributed by atoms with Crippen LogP contribution in [0.3, 0.4) is 0 Å². The highest BCUT2D eigenvalue weighted by atomic mass is 32.2. The fourth-order valence-corrected chi connectivity index (χ4v) is 4.28. The van der Waals surface area contributed by atoms with Crippen molar-refractivity contribution >= 4 is 22.0 Å². The maximum atomic E-state index is 12.7. The number of rotatable bonds is 9. The van der Waals surface area contributed by atoms with E-state index in [0.717, 1.165) is 0 Å². The Morgan fingerprint density at radius 2 is 1.54 bits per heavy atom. The number of esters is 1. The number of hydrogen-bond donors (Lipinski definition) is 1.